The van der Waals surface area contributed by atoms with Crippen LogP contribution in [0.2, 0.25) is 0 Å². The van der Waals surface area contributed by atoms with Crippen molar-refractivity contribution in [1.82, 2.24) is 14.6 Å². The first kappa shape index (κ1) is 10.1. The lowest BCUT2D eigenvalue weighted by Gasteiger charge is -2.03. The molecule has 0 saturated carbocycles. The van der Waals surface area contributed by atoms with Crippen LogP contribution in [0.3, 0.4) is 0 Å². The Bertz CT molecular complexity index is 463. The van der Waals surface area contributed by atoms with Gasteiger partial charge in [0.25, 0.3) is 0 Å². The molecule has 80 valence electrons. The number of aromatic nitrogens is 3. The molecule has 0 radical (unpaired) electrons. The maximum atomic E-state index is 4.51. The molecule has 0 aliphatic rings. The van der Waals surface area contributed by atoms with E-state index in [4.69, 9.17) is 0 Å². The van der Waals surface area contributed by atoms with Gasteiger partial charge in [-0.2, -0.15) is 5.10 Å². The molecule has 0 bridgehead atoms. The number of hydrogen-bond acceptors (Lipinski definition) is 2. The Labute approximate surface area is 90.1 Å². The molecule has 0 unspecified atom stereocenters. The van der Waals surface area contributed by atoms with Crippen LogP contribution in [-0.2, 0) is 0 Å². The zero-order chi connectivity index (χ0) is 11.0. The van der Waals surface area contributed by atoms with Crippen LogP contribution in [0.15, 0.2) is 18.3 Å². The highest BCUT2D eigenvalue weighted by molar-refractivity contribution is 5.41. The van der Waals surface area contributed by atoms with Crippen molar-refractivity contribution in [2.75, 3.05) is 0 Å². The fraction of sp³-hybridized carbons (Fsp3) is 0.500. The third kappa shape index (κ3) is 1.87. The lowest BCUT2D eigenvalue weighted by Crippen LogP contribution is -1.92. The maximum Gasteiger partial charge on any atom is 0.155 e. The summed E-state index contributed by atoms with van der Waals surface area (Å²) in [5.41, 5.74) is 2.26. The van der Waals surface area contributed by atoms with E-state index in [1.807, 2.05) is 10.7 Å². The minimum absolute atomic E-state index is 0.382. The first-order valence-corrected chi connectivity index (χ1v) is 5.44. The second-order valence-corrected chi connectivity index (χ2v) is 4.54. The highest BCUT2D eigenvalue weighted by atomic mass is 15.3. The summed E-state index contributed by atoms with van der Waals surface area (Å²) >= 11 is 0. The van der Waals surface area contributed by atoms with Crippen molar-refractivity contribution < 1.29 is 0 Å². The van der Waals surface area contributed by atoms with Crippen molar-refractivity contribution in [2.24, 2.45) is 0 Å². The van der Waals surface area contributed by atoms with E-state index in [0.29, 0.717) is 11.8 Å². The lowest BCUT2D eigenvalue weighted by atomic mass is 10.1. The van der Waals surface area contributed by atoms with Crippen molar-refractivity contribution in [3.63, 3.8) is 0 Å². The molecular formula is C12H17N3. The van der Waals surface area contributed by atoms with Gasteiger partial charge in [-0.05, 0) is 23.6 Å². The highest BCUT2D eigenvalue weighted by Crippen LogP contribution is 2.17. The van der Waals surface area contributed by atoms with Gasteiger partial charge in [0.1, 0.15) is 0 Å². The normalized spacial score (nSPS) is 11.9. The SMILES string of the molecule is CC(C)c1ccn2nc(C(C)C)nc2c1. The van der Waals surface area contributed by atoms with Crippen molar-refractivity contribution >= 4 is 5.65 Å². The number of hydrogen-bond donors (Lipinski definition) is 0. The smallest absolute Gasteiger partial charge is 0.155 e. The molecule has 0 aliphatic heterocycles. The molecular weight excluding hydrogens is 186 g/mol. The van der Waals surface area contributed by atoms with E-state index < -0.39 is 0 Å². The Morgan fingerprint density at radius 3 is 2.47 bits per heavy atom. The van der Waals surface area contributed by atoms with E-state index in [1.54, 1.807) is 0 Å². The van der Waals surface area contributed by atoms with E-state index in [-0.39, 0.29) is 0 Å². The zero-order valence-electron chi connectivity index (χ0n) is 9.73. The summed E-state index contributed by atoms with van der Waals surface area (Å²) < 4.78 is 1.85. The molecule has 0 spiro atoms. The summed E-state index contributed by atoms with van der Waals surface area (Å²) in [6, 6.07) is 4.22. The van der Waals surface area contributed by atoms with Crippen LogP contribution in [0.4, 0.5) is 0 Å². The fourth-order valence-electron chi connectivity index (χ4n) is 1.52. The molecule has 0 atom stereocenters. The molecule has 2 aromatic heterocycles. The molecule has 2 aromatic rings. The largest absolute Gasteiger partial charge is 0.221 e. The van der Waals surface area contributed by atoms with Gasteiger partial charge in [0.15, 0.2) is 11.5 Å². The van der Waals surface area contributed by atoms with E-state index in [1.165, 1.54) is 5.56 Å². The van der Waals surface area contributed by atoms with Gasteiger partial charge in [0, 0.05) is 12.1 Å². The second kappa shape index (κ2) is 3.65. The first-order chi connectivity index (χ1) is 7.08. The summed E-state index contributed by atoms with van der Waals surface area (Å²) in [4.78, 5) is 4.51. The molecule has 0 fully saturated rings. The topological polar surface area (TPSA) is 30.2 Å². The molecule has 0 aliphatic carbocycles. The van der Waals surface area contributed by atoms with Crippen LogP contribution < -0.4 is 0 Å². The van der Waals surface area contributed by atoms with Crippen molar-refractivity contribution in [1.29, 1.82) is 0 Å². The first-order valence-electron chi connectivity index (χ1n) is 5.44. The standard InChI is InChI=1S/C12H17N3/c1-8(2)10-5-6-15-11(7-10)13-12(14-15)9(3)4/h5-9H,1-4H3. The van der Waals surface area contributed by atoms with Gasteiger partial charge < -0.3 is 0 Å². The Morgan fingerprint density at radius 1 is 1.13 bits per heavy atom. The summed E-state index contributed by atoms with van der Waals surface area (Å²) in [5.74, 6) is 1.83. The molecule has 2 rings (SSSR count). The van der Waals surface area contributed by atoms with Gasteiger partial charge in [0.2, 0.25) is 0 Å². The average Bonchev–Trinajstić information content (AvgIpc) is 2.59. The number of rotatable bonds is 2. The number of pyridine rings is 1. The number of fused-ring (bicyclic) bond motifs is 1. The second-order valence-electron chi connectivity index (χ2n) is 4.54. The Kier molecular flexibility index (Phi) is 2.47. The summed E-state index contributed by atoms with van der Waals surface area (Å²) in [6.07, 6.45) is 1.99. The van der Waals surface area contributed by atoms with Gasteiger partial charge >= 0.3 is 0 Å². The van der Waals surface area contributed by atoms with Crippen LogP contribution in [-0.4, -0.2) is 14.6 Å². The van der Waals surface area contributed by atoms with Crippen LogP contribution >= 0.6 is 0 Å². The summed E-state index contributed by atoms with van der Waals surface area (Å²) in [5, 5.41) is 4.42. The minimum atomic E-state index is 0.382. The van der Waals surface area contributed by atoms with E-state index in [0.717, 1.165) is 11.5 Å². The van der Waals surface area contributed by atoms with Crippen LogP contribution in [0.1, 0.15) is 50.9 Å². The van der Waals surface area contributed by atoms with E-state index in [2.05, 4.69) is 49.9 Å². The molecule has 0 saturated heterocycles. The van der Waals surface area contributed by atoms with Crippen molar-refractivity contribution in [2.45, 2.75) is 39.5 Å². The van der Waals surface area contributed by atoms with Gasteiger partial charge in [0.05, 0.1) is 0 Å². The Hall–Kier alpha value is -1.38. The average molecular weight is 203 g/mol. The fourth-order valence-corrected chi connectivity index (χ4v) is 1.52. The number of nitrogens with zero attached hydrogens (tertiary/aromatic N) is 3. The van der Waals surface area contributed by atoms with Gasteiger partial charge in [-0.25, -0.2) is 9.50 Å². The van der Waals surface area contributed by atoms with Crippen LogP contribution in [0.25, 0.3) is 5.65 Å². The maximum absolute atomic E-state index is 4.51. The van der Waals surface area contributed by atoms with Gasteiger partial charge in [-0.15, -0.1) is 0 Å². The highest BCUT2D eigenvalue weighted by Gasteiger charge is 2.08. The monoisotopic (exact) mass is 203 g/mol. The summed E-state index contributed by atoms with van der Waals surface area (Å²) in [7, 11) is 0. The predicted octanol–water partition coefficient (Wildman–Crippen LogP) is 2.98. The molecule has 2 heterocycles. The Balaban J connectivity index is 2.52. The molecule has 0 amide bonds. The van der Waals surface area contributed by atoms with Gasteiger partial charge in [-0.1, -0.05) is 27.7 Å². The quantitative estimate of drug-likeness (QED) is 0.751. The van der Waals surface area contributed by atoms with Crippen molar-refractivity contribution in [3.8, 4) is 0 Å². The van der Waals surface area contributed by atoms with Crippen LogP contribution in [0, 0.1) is 0 Å². The Morgan fingerprint density at radius 2 is 1.87 bits per heavy atom. The lowest BCUT2D eigenvalue weighted by molar-refractivity contribution is 0.764. The minimum Gasteiger partial charge on any atom is -0.221 e. The van der Waals surface area contributed by atoms with E-state index in [9.17, 15) is 0 Å². The third-order valence-corrected chi connectivity index (χ3v) is 2.56. The van der Waals surface area contributed by atoms with E-state index >= 15 is 0 Å². The third-order valence-electron chi connectivity index (χ3n) is 2.56. The molecule has 0 N–H and O–H groups in total. The van der Waals surface area contributed by atoms with Gasteiger partial charge in [-0.3, -0.25) is 0 Å². The zero-order valence-corrected chi connectivity index (χ0v) is 9.73. The predicted molar refractivity (Wildman–Crippen MR) is 61.2 cm³/mol. The molecule has 3 nitrogen and oxygen atoms in total. The molecule has 15 heavy (non-hydrogen) atoms. The summed E-state index contributed by atoms with van der Waals surface area (Å²) in [6.45, 7) is 8.59. The molecule has 0 aromatic carbocycles. The van der Waals surface area contributed by atoms with Crippen LogP contribution in [0.5, 0.6) is 0 Å². The molecule has 3 heteroatoms. The van der Waals surface area contributed by atoms with Crippen molar-refractivity contribution in [3.05, 3.63) is 29.7 Å².